The van der Waals surface area contributed by atoms with Gasteiger partial charge in [0.05, 0.1) is 5.02 Å². The van der Waals surface area contributed by atoms with Gasteiger partial charge in [-0.2, -0.15) is 0 Å². The van der Waals surface area contributed by atoms with Gasteiger partial charge in [0, 0.05) is 21.9 Å². The molecule has 1 aromatic carbocycles. The first-order valence-corrected chi connectivity index (χ1v) is 8.46. The molecule has 0 amide bonds. The van der Waals surface area contributed by atoms with Crippen molar-refractivity contribution in [3.8, 4) is 0 Å². The van der Waals surface area contributed by atoms with E-state index in [0.717, 1.165) is 22.5 Å². The maximum Gasteiger partial charge on any atom is 0.0548 e. The maximum absolute atomic E-state index is 6.01. The number of hydrogen-bond donors (Lipinski definition) is 1. The average molecular weight is 359 g/mol. The molecule has 0 aliphatic carbocycles. The fourth-order valence-corrected chi connectivity index (χ4v) is 3.39. The second-order valence-electron chi connectivity index (χ2n) is 4.49. The van der Waals surface area contributed by atoms with Crippen molar-refractivity contribution < 1.29 is 0 Å². The monoisotopic (exact) mass is 357 g/mol. The molecular weight excluding hydrogens is 342 g/mol. The molecule has 2 rings (SSSR count). The van der Waals surface area contributed by atoms with Crippen LogP contribution in [0.1, 0.15) is 36.2 Å². The molecule has 1 atom stereocenters. The van der Waals surface area contributed by atoms with Crippen LogP contribution in [0.3, 0.4) is 0 Å². The highest BCUT2D eigenvalue weighted by molar-refractivity contribution is 9.10. The molecule has 2 aromatic rings. The Morgan fingerprint density at radius 2 is 2.21 bits per heavy atom. The number of rotatable bonds is 6. The summed E-state index contributed by atoms with van der Waals surface area (Å²) in [4.78, 5) is 1.41. The Balaban J connectivity index is 2.00. The van der Waals surface area contributed by atoms with Gasteiger partial charge in [0.15, 0.2) is 0 Å². The summed E-state index contributed by atoms with van der Waals surface area (Å²) < 4.78 is 0.955. The lowest BCUT2D eigenvalue weighted by molar-refractivity contribution is 0.500. The van der Waals surface area contributed by atoms with Gasteiger partial charge in [0.2, 0.25) is 0 Å². The van der Waals surface area contributed by atoms with E-state index in [4.69, 9.17) is 11.6 Å². The zero-order valence-electron chi connectivity index (χ0n) is 10.8. The molecule has 0 radical (unpaired) electrons. The van der Waals surface area contributed by atoms with E-state index in [1.807, 2.05) is 17.4 Å². The van der Waals surface area contributed by atoms with Crippen LogP contribution in [0.2, 0.25) is 5.02 Å². The van der Waals surface area contributed by atoms with Crippen LogP contribution in [0.4, 0.5) is 0 Å². The normalized spacial score (nSPS) is 12.6. The van der Waals surface area contributed by atoms with Gasteiger partial charge in [-0.15, -0.1) is 11.3 Å². The van der Waals surface area contributed by atoms with Gasteiger partial charge in [-0.25, -0.2) is 0 Å². The molecule has 0 aliphatic rings. The van der Waals surface area contributed by atoms with Crippen molar-refractivity contribution in [2.24, 2.45) is 0 Å². The second-order valence-corrected chi connectivity index (χ2v) is 6.73. The highest BCUT2D eigenvalue weighted by Crippen LogP contribution is 2.26. The molecule has 0 saturated heterocycles. The van der Waals surface area contributed by atoms with Gasteiger partial charge in [-0.1, -0.05) is 37.1 Å². The van der Waals surface area contributed by atoms with Crippen LogP contribution >= 0.6 is 38.9 Å². The number of thiophene rings is 1. The molecule has 19 heavy (non-hydrogen) atoms. The zero-order chi connectivity index (χ0) is 13.7. The fourth-order valence-electron chi connectivity index (χ4n) is 2.01. The summed E-state index contributed by atoms with van der Waals surface area (Å²) in [5.41, 5.74) is 1.24. The van der Waals surface area contributed by atoms with Gasteiger partial charge in [-0.3, -0.25) is 0 Å². The lowest BCUT2D eigenvalue weighted by Crippen LogP contribution is -2.19. The van der Waals surface area contributed by atoms with Crippen molar-refractivity contribution >= 4 is 38.9 Å². The highest BCUT2D eigenvalue weighted by Gasteiger charge is 2.11. The molecule has 1 aromatic heterocycles. The third-order valence-corrected chi connectivity index (χ3v) is 5.20. The number of benzene rings is 1. The predicted molar refractivity (Wildman–Crippen MR) is 88.0 cm³/mol. The number of halogens is 2. The average Bonchev–Trinajstić information content (AvgIpc) is 2.92. The Hall–Kier alpha value is -0.350. The summed E-state index contributed by atoms with van der Waals surface area (Å²) in [5.74, 6) is 0. The topological polar surface area (TPSA) is 12.0 Å². The number of hydrogen-bond acceptors (Lipinski definition) is 2. The van der Waals surface area contributed by atoms with E-state index in [2.05, 4.69) is 57.8 Å². The first-order valence-electron chi connectivity index (χ1n) is 6.41. The largest absolute Gasteiger partial charge is 0.305 e. The summed E-state index contributed by atoms with van der Waals surface area (Å²) in [5, 5.41) is 6.53. The van der Waals surface area contributed by atoms with Crippen molar-refractivity contribution in [1.82, 2.24) is 5.32 Å². The fraction of sp³-hybridized carbons (Fsp3) is 0.333. The van der Waals surface area contributed by atoms with E-state index in [1.165, 1.54) is 16.9 Å². The van der Waals surface area contributed by atoms with E-state index in [0.29, 0.717) is 6.04 Å². The Kier molecular flexibility index (Phi) is 5.89. The molecule has 0 fully saturated rings. The van der Waals surface area contributed by atoms with Crippen molar-refractivity contribution in [2.45, 2.75) is 32.4 Å². The van der Waals surface area contributed by atoms with Gasteiger partial charge in [-0.05, 0) is 51.5 Å². The quantitative estimate of drug-likeness (QED) is 0.688. The first kappa shape index (κ1) is 15.0. The van der Waals surface area contributed by atoms with Gasteiger partial charge in [0.25, 0.3) is 0 Å². The summed E-state index contributed by atoms with van der Waals surface area (Å²) >= 11 is 11.3. The minimum atomic E-state index is 0.444. The third kappa shape index (κ3) is 4.32. The van der Waals surface area contributed by atoms with E-state index < -0.39 is 0 Å². The third-order valence-electron chi connectivity index (χ3n) is 3.00. The summed E-state index contributed by atoms with van der Waals surface area (Å²) in [6, 6.07) is 10.8. The van der Waals surface area contributed by atoms with Crippen molar-refractivity contribution in [1.29, 1.82) is 0 Å². The minimum Gasteiger partial charge on any atom is -0.305 e. The Morgan fingerprint density at radius 1 is 1.37 bits per heavy atom. The Labute approximate surface area is 132 Å². The van der Waals surface area contributed by atoms with Crippen molar-refractivity contribution in [3.63, 3.8) is 0 Å². The molecule has 1 N–H and O–H groups in total. The van der Waals surface area contributed by atoms with Crippen LogP contribution in [0.15, 0.2) is 40.2 Å². The predicted octanol–water partition coefficient (Wildman–Crippen LogP) is 5.80. The van der Waals surface area contributed by atoms with Crippen LogP contribution in [0.25, 0.3) is 0 Å². The number of nitrogens with one attached hydrogen (secondary N) is 1. The molecule has 0 spiro atoms. The molecule has 4 heteroatoms. The molecule has 1 heterocycles. The highest BCUT2D eigenvalue weighted by atomic mass is 79.9. The van der Waals surface area contributed by atoms with Crippen molar-refractivity contribution in [3.05, 3.63) is 55.6 Å². The van der Waals surface area contributed by atoms with Crippen LogP contribution in [0.5, 0.6) is 0 Å². The standard InChI is InChI=1S/C15H17BrClNS/c1-2-4-14(15-5-3-8-19-15)18-10-11-6-7-13(17)12(16)9-11/h3,5-9,14,18H,2,4,10H2,1H3. The lowest BCUT2D eigenvalue weighted by atomic mass is 10.1. The van der Waals surface area contributed by atoms with Gasteiger partial charge in [0.1, 0.15) is 0 Å². The molecule has 0 saturated carbocycles. The minimum absolute atomic E-state index is 0.444. The van der Waals surface area contributed by atoms with E-state index >= 15 is 0 Å². The van der Waals surface area contributed by atoms with Crippen LogP contribution in [0, 0.1) is 0 Å². The maximum atomic E-state index is 6.01. The lowest BCUT2D eigenvalue weighted by Gasteiger charge is -2.17. The van der Waals surface area contributed by atoms with E-state index in [1.54, 1.807) is 0 Å². The molecular formula is C15H17BrClNS. The Bertz CT molecular complexity index is 513. The first-order chi connectivity index (χ1) is 9.20. The van der Waals surface area contributed by atoms with Gasteiger partial charge < -0.3 is 5.32 Å². The van der Waals surface area contributed by atoms with Crippen LogP contribution < -0.4 is 5.32 Å². The Morgan fingerprint density at radius 3 is 2.84 bits per heavy atom. The second kappa shape index (κ2) is 7.44. The van der Waals surface area contributed by atoms with Gasteiger partial charge >= 0.3 is 0 Å². The molecule has 1 unspecified atom stereocenters. The SMILES string of the molecule is CCCC(NCc1ccc(Cl)c(Br)c1)c1cccs1. The summed E-state index contributed by atoms with van der Waals surface area (Å²) in [6.45, 7) is 3.08. The van der Waals surface area contributed by atoms with E-state index in [-0.39, 0.29) is 0 Å². The molecule has 102 valence electrons. The van der Waals surface area contributed by atoms with E-state index in [9.17, 15) is 0 Å². The van der Waals surface area contributed by atoms with Crippen LogP contribution in [-0.4, -0.2) is 0 Å². The molecule has 0 aliphatic heterocycles. The van der Waals surface area contributed by atoms with Crippen LogP contribution in [-0.2, 0) is 6.54 Å². The molecule has 0 bridgehead atoms. The zero-order valence-corrected chi connectivity index (χ0v) is 14.0. The summed E-state index contributed by atoms with van der Waals surface area (Å²) in [7, 11) is 0. The smallest absolute Gasteiger partial charge is 0.0548 e. The van der Waals surface area contributed by atoms with Crippen molar-refractivity contribution in [2.75, 3.05) is 0 Å². The summed E-state index contributed by atoms with van der Waals surface area (Å²) in [6.07, 6.45) is 2.34. The molecule has 1 nitrogen and oxygen atoms in total.